The molecule has 4 N–H and O–H groups in total. The Kier molecular flexibility index (Phi) is 22.0. The maximum atomic E-state index is 10.3. The van der Waals surface area contributed by atoms with Crippen molar-refractivity contribution in [2.75, 3.05) is 0 Å². The van der Waals surface area contributed by atoms with E-state index >= 15 is 0 Å². The molecule has 1 amide bonds. The Morgan fingerprint density at radius 2 is 1.67 bits per heavy atom. The van der Waals surface area contributed by atoms with Crippen LogP contribution in [0.15, 0.2) is 0 Å². The van der Waals surface area contributed by atoms with E-state index in [2.05, 4.69) is 0 Å². The standard InChI is InChI=1S/C6H14N2O.2ClH.Co/c1-4(2)3-5(7)6(8)9;;;/h4-5H,3,7H2,1-2H3,(H2,8,9);2*1H;/q;;;+2/p-2/t5-;;;/m1.../s1. The number of halogens is 2. The molecule has 1 atom stereocenters. The Hall–Kier alpha value is 0.516. The van der Waals surface area contributed by atoms with Crippen LogP contribution in [0.2, 0.25) is 0 Å². The van der Waals surface area contributed by atoms with Gasteiger partial charge < -0.3 is 36.3 Å². The van der Waals surface area contributed by atoms with Crippen molar-refractivity contribution in [2.45, 2.75) is 26.3 Å². The summed E-state index contributed by atoms with van der Waals surface area (Å²) in [4.78, 5) is 10.3. The molecule has 6 heteroatoms. The summed E-state index contributed by atoms with van der Waals surface area (Å²) in [5, 5.41) is 0. The summed E-state index contributed by atoms with van der Waals surface area (Å²) in [5.74, 6) is 0.0243. The zero-order valence-corrected chi connectivity index (χ0v) is 9.57. The summed E-state index contributed by atoms with van der Waals surface area (Å²) < 4.78 is 0. The van der Waals surface area contributed by atoms with Crippen LogP contribution in [0.25, 0.3) is 0 Å². The summed E-state index contributed by atoms with van der Waals surface area (Å²) in [6.45, 7) is 4.01. The van der Waals surface area contributed by atoms with Crippen LogP contribution in [-0.4, -0.2) is 11.9 Å². The Bertz CT molecular complexity index is 114. The molecule has 0 rings (SSSR count). The molecule has 3 nitrogen and oxygen atoms in total. The first-order valence-electron chi connectivity index (χ1n) is 3.09. The minimum Gasteiger partial charge on any atom is -1.00 e. The second kappa shape index (κ2) is 11.5. The molecular formula is C6H14Cl2CoN2O. The molecule has 0 aliphatic carbocycles. The first kappa shape index (κ1) is 22.9. The van der Waals surface area contributed by atoms with E-state index in [1.54, 1.807) is 0 Å². The van der Waals surface area contributed by atoms with Gasteiger partial charge in [-0.15, -0.1) is 0 Å². The molecule has 77 valence electrons. The van der Waals surface area contributed by atoms with Crippen molar-refractivity contribution in [2.24, 2.45) is 17.4 Å². The third-order valence-corrected chi connectivity index (χ3v) is 1.09. The third kappa shape index (κ3) is 13.1. The third-order valence-electron chi connectivity index (χ3n) is 1.09. The minimum atomic E-state index is -0.468. The SMILES string of the molecule is CC(C)C[C@@H](N)C(N)=O.[Cl-].[Cl-].[Co+2]. The van der Waals surface area contributed by atoms with Gasteiger partial charge in [0.15, 0.2) is 0 Å². The van der Waals surface area contributed by atoms with Crippen LogP contribution in [-0.2, 0) is 21.6 Å². The maximum absolute atomic E-state index is 10.3. The average Bonchev–Trinajstić information content (AvgIpc) is 1.63. The normalized spacial score (nSPS) is 10.3. The fourth-order valence-corrected chi connectivity index (χ4v) is 0.624. The van der Waals surface area contributed by atoms with Gasteiger partial charge in [-0.2, -0.15) is 0 Å². The van der Waals surface area contributed by atoms with E-state index in [0.717, 1.165) is 0 Å². The number of amides is 1. The minimum absolute atomic E-state index is 0. The molecule has 0 fully saturated rings. The van der Waals surface area contributed by atoms with E-state index in [0.29, 0.717) is 12.3 Å². The number of primary amides is 1. The molecule has 0 saturated heterocycles. The van der Waals surface area contributed by atoms with E-state index in [4.69, 9.17) is 11.5 Å². The average molecular weight is 260 g/mol. The largest absolute Gasteiger partial charge is 2.00 e. The molecule has 0 aromatic rings. The Morgan fingerprint density at radius 3 is 1.75 bits per heavy atom. The number of nitrogens with two attached hydrogens (primary N) is 2. The van der Waals surface area contributed by atoms with Gasteiger partial charge in [0.2, 0.25) is 5.91 Å². The van der Waals surface area contributed by atoms with Gasteiger partial charge in [0.05, 0.1) is 6.04 Å². The molecule has 0 spiro atoms. The number of carbonyl (C=O) groups is 1. The van der Waals surface area contributed by atoms with Crippen LogP contribution in [0.3, 0.4) is 0 Å². The molecular weight excluding hydrogens is 246 g/mol. The predicted molar refractivity (Wildman–Crippen MR) is 36.6 cm³/mol. The van der Waals surface area contributed by atoms with Gasteiger partial charge in [0.25, 0.3) is 0 Å². The van der Waals surface area contributed by atoms with E-state index < -0.39 is 11.9 Å². The zero-order chi connectivity index (χ0) is 7.44. The Labute approximate surface area is 96.0 Å². The van der Waals surface area contributed by atoms with Gasteiger partial charge in [0.1, 0.15) is 0 Å². The summed E-state index contributed by atoms with van der Waals surface area (Å²) in [6.07, 6.45) is 0.676. The van der Waals surface area contributed by atoms with Crippen LogP contribution in [0.1, 0.15) is 20.3 Å². The van der Waals surface area contributed by atoms with Crippen LogP contribution < -0.4 is 36.3 Å². The molecule has 0 unspecified atom stereocenters. The van der Waals surface area contributed by atoms with Crippen molar-refractivity contribution in [3.05, 3.63) is 0 Å². The van der Waals surface area contributed by atoms with Crippen LogP contribution in [0.5, 0.6) is 0 Å². The van der Waals surface area contributed by atoms with Crippen molar-refractivity contribution < 1.29 is 46.4 Å². The van der Waals surface area contributed by atoms with Gasteiger partial charge in [-0.3, -0.25) is 4.79 Å². The van der Waals surface area contributed by atoms with Gasteiger partial charge >= 0.3 is 16.8 Å². The molecule has 0 aliphatic rings. The number of hydrogen-bond acceptors (Lipinski definition) is 2. The summed E-state index contributed by atoms with van der Waals surface area (Å²) >= 11 is 0. The fraction of sp³-hybridized carbons (Fsp3) is 0.833. The van der Waals surface area contributed by atoms with Crippen molar-refractivity contribution >= 4 is 5.91 Å². The first-order valence-corrected chi connectivity index (χ1v) is 3.09. The van der Waals surface area contributed by atoms with Crippen LogP contribution in [0, 0.1) is 5.92 Å². The van der Waals surface area contributed by atoms with Crippen LogP contribution in [0.4, 0.5) is 0 Å². The number of rotatable bonds is 3. The molecule has 0 aromatic heterocycles. The summed E-state index contributed by atoms with van der Waals surface area (Å²) in [5.41, 5.74) is 10.3. The molecule has 0 aromatic carbocycles. The van der Waals surface area contributed by atoms with E-state index in [-0.39, 0.29) is 41.6 Å². The topological polar surface area (TPSA) is 69.1 Å². The smallest absolute Gasteiger partial charge is 1.00 e. The molecule has 0 bridgehead atoms. The molecule has 0 aliphatic heterocycles. The second-order valence-corrected chi connectivity index (χ2v) is 2.64. The van der Waals surface area contributed by atoms with Gasteiger partial charge in [-0.1, -0.05) is 13.8 Å². The van der Waals surface area contributed by atoms with Gasteiger partial charge in [-0.25, -0.2) is 0 Å². The van der Waals surface area contributed by atoms with E-state index in [1.165, 1.54) is 0 Å². The molecule has 0 saturated carbocycles. The van der Waals surface area contributed by atoms with E-state index in [9.17, 15) is 4.79 Å². The maximum Gasteiger partial charge on any atom is 2.00 e. The quantitative estimate of drug-likeness (QED) is 0.530. The van der Waals surface area contributed by atoms with Gasteiger partial charge in [0, 0.05) is 0 Å². The molecule has 0 heterocycles. The van der Waals surface area contributed by atoms with Crippen molar-refractivity contribution in [1.29, 1.82) is 0 Å². The predicted octanol–water partition coefficient (Wildman–Crippen LogP) is -6.15. The van der Waals surface area contributed by atoms with Gasteiger partial charge in [-0.05, 0) is 12.3 Å². The monoisotopic (exact) mass is 259 g/mol. The van der Waals surface area contributed by atoms with Crippen LogP contribution >= 0.6 is 0 Å². The summed E-state index contributed by atoms with van der Waals surface area (Å²) in [6, 6.07) is -0.468. The van der Waals surface area contributed by atoms with Crippen molar-refractivity contribution in [3.63, 3.8) is 0 Å². The van der Waals surface area contributed by atoms with E-state index in [1.807, 2.05) is 13.8 Å². The number of hydrogen-bond donors (Lipinski definition) is 2. The second-order valence-electron chi connectivity index (χ2n) is 2.64. The Balaban J connectivity index is -0.000000107. The van der Waals surface area contributed by atoms with Crippen molar-refractivity contribution in [1.82, 2.24) is 0 Å². The zero-order valence-electron chi connectivity index (χ0n) is 7.01. The van der Waals surface area contributed by atoms with Crippen molar-refractivity contribution in [3.8, 4) is 0 Å². The number of carbonyl (C=O) groups excluding carboxylic acids is 1. The fourth-order valence-electron chi connectivity index (χ4n) is 0.624. The molecule has 12 heavy (non-hydrogen) atoms. The Morgan fingerprint density at radius 1 is 1.33 bits per heavy atom. The summed E-state index contributed by atoms with van der Waals surface area (Å²) in [7, 11) is 0. The first-order chi connectivity index (χ1) is 4.04. The molecule has 1 radical (unpaired) electrons.